The van der Waals surface area contributed by atoms with Crippen molar-refractivity contribution in [2.24, 2.45) is 0 Å². The first-order chi connectivity index (χ1) is 7.25. The van der Waals surface area contributed by atoms with Crippen molar-refractivity contribution in [2.75, 3.05) is 0 Å². The van der Waals surface area contributed by atoms with Crippen molar-refractivity contribution in [3.63, 3.8) is 0 Å². The molecule has 0 radical (unpaired) electrons. The van der Waals surface area contributed by atoms with E-state index < -0.39 is 0 Å². The molecule has 2 aromatic rings. The van der Waals surface area contributed by atoms with E-state index in [1.165, 1.54) is 10.4 Å². The van der Waals surface area contributed by atoms with Crippen molar-refractivity contribution in [3.05, 3.63) is 40.5 Å². The fourth-order valence-corrected chi connectivity index (χ4v) is 2.02. The zero-order valence-electron chi connectivity index (χ0n) is 9.12. The highest BCUT2D eigenvalue weighted by molar-refractivity contribution is 7.15. The third kappa shape index (κ3) is 3.33. The van der Waals surface area contributed by atoms with Gasteiger partial charge in [-0.2, -0.15) is 0 Å². The fraction of sp³-hybridized carbons (Fsp3) is 0.250. The zero-order chi connectivity index (χ0) is 11.3. The highest BCUT2D eigenvalue weighted by Crippen LogP contribution is 2.26. The summed E-state index contributed by atoms with van der Waals surface area (Å²) in [4.78, 5) is 5.39. The number of aryl methyl sites for hydroxylation is 1. The van der Waals surface area contributed by atoms with Crippen molar-refractivity contribution in [1.29, 1.82) is 0 Å². The third-order valence-electron chi connectivity index (χ3n) is 1.75. The number of nitrogens with zero attached hydrogens (tertiary/aromatic N) is 1. The normalized spacial score (nSPS) is 9.33. The minimum atomic E-state index is 0.769. The number of benzene rings is 1. The second-order valence-electron chi connectivity index (χ2n) is 2.75. The molecular weight excluding hydrogens is 226 g/mol. The molecule has 0 amide bonds. The summed E-state index contributed by atoms with van der Waals surface area (Å²) in [6, 6.07) is 7.81. The van der Waals surface area contributed by atoms with Crippen LogP contribution in [0.5, 0.6) is 0 Å². The molecule has 1 nitrogen and oxygen atoms in total. The first-order valence-corrected chi connectivity index (χ1v) is 6.13. The fourth-order valence-electron chi connectivity index (χ4n) is 1.11. The van der Waals surface area contributed by atoms with Gasteiger partial charge in [0.1, 0.15) is 0 Å². The lowest BCUT2D eigenvalue weighted by molar-refractivity contribution is 1.30. The maximum absolute atomic E-state index is 5.79. The molecule has 0 saturated carbocycles. The van der Waals surface area contributed by atoms with Crippen molar-refractivity contribution < 1.29 is 0 Å². The predicted octanol–water partition coefficient (Wildman–Crippen LogP) is 4.80. The molecule has 0 unspecified atom stereocenters. The lowest BCUT2D eigenvalue weighted by Gasteiger charge is -1.95. The topological polar surface area (TPSA) is 12.9 Å². The van der Waals surface area contributed by atoms with Crippen LogP contribution < -0.4 is 0 Å². The molecule has 0 bridgehead atoms. The molecule has 80 valence electrons. The van der Waals surface area contributed by atoms with Crippen molar-refractivity contribution in [2.45, 2.75) is 20.8 Å². The van der Waals surface area contributed by atoms with Crippen LogP contribution in [-0.2, 0) is 0 Å². The maximum atomic E-state index is 5.79. The molecule has 0 aliphatic carbocycles. The minimum absolute atomic E-state index is 0.769. The SMILES string of the molecule is CC.Cc1ncc(-c2ccc(Cl)cc2)s1. The number of thiazole rings is 1. The van der Waals surface area contributed by atoms with E-state index in [-0.39, 0.29) is 0 Å². The average Bonchev–Trinajstić information content (AvgIpc) is 2.69. The molecule has 0 atom stereocenters. The second-order valence-corrected chi connectivity index (χ2v) is 4.42. The lowest BCUT2D eigenvalue weighted by atomic mass is 10.2. The highest BCUT2D eigenvalue weighted by atomic mass is 35.5. The number of rotatable bonds is 1. The Bertz CT molecular complexity index is 406. The smallest absolute Gasteiger partial charge is 0.0900 e. The van der Waals surface area contributed by atoms with E-state index in [1.54, 1.807) is 11.3 Å². The van der Waals surface area contributed by atoms with Gasteiger partial charge in [-0.25, -0.2) is 4.98 Å². The predicted molar refractivity (Wildman–Crippen MR) is 68.6 cm³/mol. The second kappa shape index (κ2) is 5.89. The Morgan fingerprint density at radius 2 is 1.73 bits per heavy atom. The zero-order valence-corrected chi connectivity index (χ0v) is 10.7. The van der Waals surface area contributed by atoms with Crippen LogP contribution in [0.4, 0.5) is 0 Å². The summed E-state index contributed by atoms with van der Waals surface area (Å²) in [7, 11) is 0. The van der Waals surface area contributed by atoms with Crippen LogP contribution in [0.15, 0.2) is 30.5 Å². The quantitative estimate of drug-likeness (QED) is 0.697. The molecule has 0 aliphatic heterocycles. The highest BCUT2D eigenvalue weighted by Gasteiger charge is 2.00. The van der Waals surface area contributed by atoms with Crippen LogP contribution >= 0.6 is 22.9 Å². The van der Waals surface area contributed by atoms with Gasteiger partial charge in [0.05, 0.1) is 9.88 Å². The Labute approximate surface area is 99.8 Å². The molecule has 0 spiro atoms. The average molecular weight is 240 g/mol. The first-order valence-electron chi connectivity index (χ1n) is 4.94. The molecule has 0 saturated heterocycles. The Morgan fingerprint density at radius 1 is 1.13 bits per heavy atom. The van der Waals surface area contributed by atoms with Crippen molar-refractivity contribution in [1.82, 2.24) is 4.98 Å². The van der Waals surface area contributed by atoms with E-state index >= 15 is 0 Å². The van der Waals surface area contributed by atoms with E-state index in [1.807, 2.05) is 51.2 Å². The largest absolute Gasteiger partial charge is 0.249 e. The summed E-state index contributed by atoms with van der Waals surface area (Å²) < 4.78 is 0. The van der Waals surface area contributed by atoms with Gasteiger partial charge in [0.25, 0.3) is 0 Å². The van der Waals surface area contributed by atoms with E-state index in [9.17, 15) is 0 Å². The lowest BCUT2D eigenvalue weighted by Crippen LogP contribution is -1.70. The maximum Gasteiger partial charge on any atom is 0.0900 e. The molecule has 0 aliphatic rings. The van der Waals surface area contributed by atoms with Crippen LogP contribution in [-0.4, -0.2) is 4.98 Å². The van der Waals surface area contributed by atoms with E-state index in [0.29, 0.717) is 0 Å². The van der Waals surface area contributed by atoms with Gasteiger partial charge in [0.15, 0.2) is 0 Å². The van der Waals surface area contributed by atoms with E-state index in [2.05, 4.69) is 4.98 Å². The number of hydrogen-bond acceptors (Lipinski definition) is 2. The van der Waals surface area contributed by atoms with Gasteiger partial charge in [-0.05, 0) is 24.6 Å². The summed E-state index contributed by atoms with van der Waals surface area (Å²) in [5.41, 5.74) is 1.18. The summed E-state index contributed by atoms with van der Waals surface area (Å²) in [6.07, 6.45) is 1.89. The summed E-state index contributed by atoms with van der Waals surface area (Å²) >= 11 is 7.48. The van der Waals surface area contributed by atoms with E-state index in [0.717, 1.165) is 10.0 Å². The molecule has 15 heavy (non-hydrogen) atoms. The van der Waals surface area contributed by atoms with Gasteiger partial charge in [-0.15, -0.1) is 11.3 Å². The van der Waals surface area contributed by atoms with E-state index in [4.69, 9.17) is 11.6 Å². The molecule has 2 rings (SSSR count). The third-order valence-corrected chi connectivity index (χ3v) is 2.96. The Hall–Kier alpha value is -0.860. The number of halogens is 1. The van der Waals surface area contributed by atoms with Crippen molar-refractivity contribution in [3.8, 4) is 10.4 Å². The molecule has 0 fully saturated rings. The number of hydrogen-bond donors (Lipinski definition) is 0. The Balaban J connectivity index is 0.000000531. The van der Waals surface area contributed by atoms with Crippen LogP contribution in [0.3, 0.4) is 0 Å². The number of aromatic nitrogens is 1. The summed E-state index contributed by atoms with van der Waals surface area (Å²) in [5, 5.41) is 1.86. The molecule has 1 heterocycles. The molecule has 0 N–H and O–H groups in total. The molecule has 1 aromatic carbocycles. The molecular formula is C12H14ClNS. The van der Waals surface area contributed by atoms with Crippen LogP contribution in [0.25, 0.3) is 10.4 Å². The summed E-state index contributed by atoms with van der Waals surface area (Å²) in [5.74, 6) is 0. The van der Waals surface area contributed by atoms with Crippen LogP contribution in [0.2, 0.25) is 5.02 Å². The first kappa shape index (κ1) is 12.2. The minimum Gasteiger partial charge on any atom is -0.249 e. The van der Waals surface area contributed by atoms with Gasteiger partial charge in [-0.1, -0.05) is 37.6 Å². The van der Waals surface area contributed by atoms with Gasteiger partial charge in [-0.3, -0.25) is 0 Å². The van der Waals surface area contributed by atoms with Crippen LogP contribution in [0, 0.1) is 6.92 Å². The monoisotopic (exact) mass is 239 g/mol. The van der Waals surface area contributed by atoms with Gasteiger partial charge < -0.3 is 0 Å². The van der Waals surface area contributed by atoms with Crippen molar-refractivity contribution >= 4 is 22.9 Å². The van der Waals surface area contributed by atoms with Crippen LogP contribution in [0.1, 0.15) is 18.9 Å². The Kier molecular flexibility index (Phi) is 4.79. The Morgan fingerprint density at radius 3 is 2.20 bits per heavy atom. The van der Waals surface area contributed by atoms with Gasteiger partial charge >= 0.3 is 0 Å². The standard InChI is InChI=1S/C10H8ClNS.C2H6/c1-7-12-6-10(13-7)8-2-4-9(11)5-3-8;1-2/h2-6H,1H3;1-2H3. The molecule has 1 aromatic heterocycles. The van der Waals surface area contributed by atoms with Gasteiger partial charge in [0, 0.05) is 11.2 Å². The van der Waals surface area contributed by atoms with Gasteiger partial charge in [0.2, 0.25) is 0 Å². The summed E-state index contributed by atoms with van der Waals surface area (Å²) in [6.45, 7) is 6.00. The molecule has 3 heteroatoms.